The summed E-state index contributed by atoms with van der Waals surface area (Å²) >= 11 is 2.88. The van der Waals surface area contributed by atoms with Crippen molar-refractivity contribution in [2.24, 2.45) is 0 Å². The van der Waals surface area contributed by atoms with Gasteiger partial charge in [0.05, 0.1) is 16.5 Å². The van der Waals surface area contributed by atoms with Gasteiger partial charge in [-0.1, -0.05) is 6.07 Å². The highest BCUT2D eigenvalue weighted by Gasteiger charge is 2.25. The van der Waals surface area contributed by atoms with E-state index in [4.69, 9.17) is 10.2 Å². The SMILES string of the molecule is O=C(O)C[C@@H](NC(=O)c1cccc(Br)c1F)C(=O)O. The van der Waals surface area contributed by atoms with Crippen LogP contribution in [0, 0.1) is 5.82 Å². The molecule has 1 aromatic carbocycles. The Balaban J connectivity index is 2.91. The van der Waals surface area contributed by atoms with Crippen LogP contribution < -0.4 is 5.32 Å². The molecular weight excluding hydrogens is 325 g/mol. The summed E-state index contributed by atoms with van der Waals surface area (Å²) in [5, 5.41) is 19.2. The molecule has 0 spiro atoms. The number of rotatable bonds is 5. The van der Waals surface area contributed by atoms with E-state index >= 15 is 0 Å². The molecule has 0 fully saturated rings. The molecule has 0 unspecified atom stereocenters. The van der Waals surface area contributed by atoms with E-state index in [2.05, 4.69) is 15.9 Å². The molecule has 0 saturated heterocycles. The average Bonchev–Trinajstić information content (AvgIpc) is 2.31. The molecule has 0 aliphatic rings. The maximum atomic E-state index is 13.6. The van der Waals surface area contributed by atoms with E-state index in [9.17, 15) is 18.8 Å². The molecular formula is C11H9BrFNO5. The first-order valence-corrected chi connectivity index (χ1v) is 5.81. The predicted octanol–water partition coefficient (Wildman–Crippen LogP) is 1.25. The van der Waals surface area contributed by atoms with E-state index in [-0.39, 0.29) is 10.0 Å². The molecule has 1 aromatic rings. The summed E-state index contributed by atoms with van der Waals surface area (Å²) in [6.07, 6.45) is -0.795. The van der Waals surface area contributed by atoms with Crippen LogP contribution in [0.1, 0.15) is 16.8 Å². The fourth-order valence-electron chi connectivity index (χ4n) is 1.29. The first-order chi connectivity index (χ1) is 8.82. The van der Waals surface area contributed by atoms with Crippen LogP contribution in [0.2, 0.25) is 0 Å². The summed E-state index contributed by atoms with van der Waals surface area (Å²) < 4.78 is 13.6. The van der Waals surface area contributed by atoms with E-state index in [1.807, 2.05) is 5.32 Å². The van der Waals surface area contributed by atoms with Crippen molar-refractivity contribution in [3.63, 3.8) is 0 Å². The molecule has 0 saturated carbocycles. The standard InChI is InChI=1S/C11H9BrFNO5/c12-6-3-1-2-5(9(6)13)10(17)14-7(11(18)19)4-8(15)16/h1-3,7H,4H2,(H,14,17)(H,15,16)(H,18,19)/t7-/m1/s1. The molecule has 1 rings (SSSR count). The monoisotopic (exact) mass is 333 g/mol. The van der Waals surface area contributed by atoms with Crippen molar-refractivity contribution in [2.75, 3.05) is 0 Å². The molecule has 0 heterocycles. The normalized spacial score (nSPS) is 11.7. The lowest BCUT2D eigenvalue weighted by Gasteiger charge is -2.13. The first-order valence-electron chi connectivity index (χ1n) is 5.02. The molecule has 0 bridgehead atoms. The second-order valence-electron chi connectivity index (χ2n) is 3.56. The highest BCUT2D eigenvalue weighted by Crippen LogP contribution is 2.18. The zero-order valence-corrected chi connectivity index (χ0v) is 11.0. The molecule has 3 N–H and O–H groups in total. The van der Waals surface area contributed by atoms with Gasteiger partial charge in [0.1, 0.15) is 11.9 Å². The predicted molar refractivity (Wildman–Crippen MR) is 65.2 cm³/mol. The molecule has 0 aliphatic carbocycles. The van der Waals surface area contributed by atoms with Crippen molar-refractivity contribution in [3.05, 3.63) is 34.1 Å². The second-order valence-corrected chi connectivity index (χ2v) is 4.42. The van der Waals surface area contributed by atoms with Crippen LogP contribution in [-0.4, -0.2) is 34.1 Å². The highest BCUT2D eigenvalue weighted by molar-refractivity contribution is 9.10. The third kappa shape index (κ3) is 4.02. The Hall–Kier alpha value is -1.96. The number of hydrogen-bond donors (Lipinski definition) is 3. The smallest absolute Gasteiger partial charge is 0.326 e. The van der Waals surface area contributed by atoms with Gasteiger partial charge in [0.2, 0.25) is 0 Å². The summed E-state index contributed by atoms with van der Waals surface area (Å²) in [7, 11) is 0. The lowest BCUT2D eigenvalue weighted by Crippen LogP contribution is -2.42. The highest BCUT2D eigenvalue weighted by atomic mass is 79.9. The van der Waals surface area contributed by atoms with E-state index in [0.29, 0.717) is 0 Å². The van der Waals surface area contributed by atoms with Crippen molar-refractivity contribution < 1.29 is 29.0 Å². The van der Waals surface area contributed by atoms with Crippen LogP contribution in [-0.2, 0) is 9.59 Å². The number of hydrogen-bond acceptors (Lipinski definition) is 3. The summed E-state index contributed by atoms with van der Waals surface area (Å²) in [5.41, 5.74) is -0.369. The molecule has 0 radical (unpaired) electrons. The number of carbonyl (C=O) groups is 3. The number of carbonyl (C=O) groups excluding carboxylic acids is 1. The lowest BCUT2D eigenvalue weighted by molar-refractivity contribution is -0.145. The number of halogens is 2. The van der Waals surface area contributed by atoms with Gasteiger partial charge in [-0.3, -0.25) is 9.59 Å². The number of aliphatic carboxylic acids is 2. The van der Waals surface area contributed by atoms with Crippen molar-refractivity contribution in [1.82, 2.24) is 5.32 Å². The van der Waals surface area contributed by atoms with Crippen molar-refractivity contribution in [1.29, 1.82) is 0 Å². The summed E-state index contributed by atoms with van der Waals surface area (Å²) in [4.78, 5) is 32.9. The third-order valence-electron chi connectivity index (χ3n) is 2.18. The Morgan fingerprint density at radius 2 is 1.95 bits per heavy atom. The Morgan fingerprint density at radius 3 is 2.47 bits per heavy atom. The Labute approximate surface area is 115 Å². The van der Waals surface area contributed by atoms with Gasteiger partial charge in [0.25, 0.3) is 5.91 Å². The minimum atomic E-state index is -1.62. The van der Waals surface area contributed by atoms with Crippen molar-refractivity contribution in [2.45, 2.75) is 12.5 Å². The Bertz CT molecular complexity index is 534. The molecule has 1 amide bonds. The molecule has 19 heavy (non-hydrogen) atoms. The van der Waals surface area contributed by atoms with Gasteiger partial charge in [-0.2, -0.15) is 0 Å². The summed E-state index contributed by atoms with van der Waals surface area (Å²) in [6.45, 7) is 0. The minimum absolute atomic E-state index is 0.0465. The molecule has 6 nitrogen and oxygen atoms in total. The Kier molecular flexibility index (Phi) is 4.99. The van der Waals surface area contributed by atoms with Gasteiger partial charge >= 0.3 is 11.9 Å². The molecule has 0 aromatic heterocycles. The van der Waals surface area contributed by atoms with Gasteiger partial charge in [-0.05, 0) is 28.1 Å². The molecule has 0 aliphatic heterocycles. The lowest BCUT2D eigenvalue weighted by atomic mass is 10.1. The van der Waals surface area contributed by atoms with E-state index in [1.165, 1.54) is 12.1 Å². The maximum absolute atomic E-state index is 13.6. The van der Waals surface area contributed by atoms with Gasteiger partial charge in [0.15, 0.2) is 0 Å². The number of carboxylic acids is 2. The average molecular weight is 334 g/mol. The number of amides is 1. The fourth-order valence-corrected chi connectivity index (χ4v) is 1.66. The third-order valence-corrected chi connectivity index (χ3v) is 2.79. The largest absolute Gasteiger partial charge is 0.481 e. The summed E-state index contributed by atoms with van der Waals surface area (Å²) in [5.74, 6) is -4.74. The topological polar surface area (TPSA) is 104 Å². The quantitative estimate of drug-likeness (QED) is 0.752. The van der Waals surface area contributed by atoms with Gasteiger partial charge in [-0.15, -0.1) is 0 Å². The summed E-state index contributed by atoms with van der Waals surface area (Å²) in [6, 6.07) is 2.31. The number of benzene rings is 1. The first kappa shape index (κ1) is 15.1. The zero-order chi connectivity index (χ0) is 14.6. The van der Waals surface area contributed by atoms with Crippen LogP contribution >= 0.6 is 15.9 Å². The molecule has 8 heteroatoms. The number of nitrogens with one attached hydrogen (secondary N) is 1. The zero-order valence-electron chi connectivity index (χ0n) is 9.39. The van der Waals surface area contributed by atoms with Gasteiger partial charge in [0, 0.05) is 0 Å². The van der Waals surface area contributed by atoms with Crippen LogP contribution in [0.3, 0.4) is 0 Å². The van der Waals surface area contributed by atoms with Crippen LogP contribution in [0.15, 0.2) is 22.7 Å². The molecule has 102 valence electrons. The van der Waals surface area contributed by atoms with Crippen LogP contribution in [0.5, 0.6) is 0 Å². The van der Waals surface area contributed by atoms with Crippen molar-refractivity contribution >= 4 is 33.8 Å². The van der Waals surface area contributed by atoms with Crippen LogP contribution in [0.4, 0.5) is 4.39 Å². The maximum Gasteiger partial charge on any atom is 0.326 e. The number of carboxylic acid groups (broad SMARTS) is 2. The van der Waals surface area contributed by atoms with Crippen LogP contribution in [0.25, 0.3) is 0 Å². The fraction of sp³-hybridized carbons (Fsp3) is 0.182. The van der Waals surface area contributed by atoms with E-state index in [0.717, 1.165) is 6.07 Å². The van der Waals surface area contributed by atoms with E-state index < -0.39 is 36.1 Å². The van der Waals surface area contributed by atoms with E-state index in [1.54, 1.807) is 0 Å². The Morgan fingerprint density at radius 1 is 1.32 bits per heavy atom. The second kappa shape index (κ2) is 6.28. The van der Waals surface area contributed by atoms with Gasteiger partial charge in [-0.25, -0.2) is 9.18 Å². The van der Waals surface area contributed by atoms with Crippen molar-refractivity contribution in [3.8, 4) is 0 Å². The van der Waals surface area contributed by atoms with Gasteiger partial charge < -0.3 is 15.5 Å². The molecule has 1 atom stereocenters. The minimum Gasteiger partial charge on any atom is -0.481 e.